The van der Waals surface area contributed by atoms with E-state index >= 15 is 0 Å². The molecule has 0 saturated carbocycles. The Bertz CT molecular complexity index is 977. The number of methoxy groups -OCH3 is 1. The quantitative estimate of drug-likeness (QED) is 0.517. The lowest BCUT2D eigenvalue weighted by Crippen LogP contribution is -1.88. The van der Waals surface area contributed by atoms with Crippen LogP contribution >= 0.6 is 0 Å². The summed E-state index contributed by atoms with van der Waals surface area (Å²) in [5.74, 6) is 0.310. The topological polar surface area (TPSA) is 39.4 Å². The maximum Gasteiger partial charge on any atom is 0.212 e. The van der Waals surface area contributed by atoms with Gasteiger partial charge < -0.3 is 4.74 Å². The Morgan fingerprint density at radius 1 is 1.04 bits per heavy atom. The molecule has 116 valence electrons. The average molecular weight is 309 g/mol. The maximum absolute atomic E-state index is 12.9. The van der Waals surface area contributed by atoms with Gasteiger partial charge in [0.15, 0.2) is 0 Å². The fraction of sp³-hybridized carbons (Fsp3) is 0.111. The fourth-order valence-corrected chi connectivity index (χ4v) is 2.55. The number of ether oxygens (including phenoxy) is 1. The minimum absolute atomic E-state index is 0. The number of hydrogen-bond acceptors (Lipinski definition) is 3. The zero-order valence-corrected chi connectivity index (χ0v) is 11.8. The molecule has 5 heteroatoms. The summed E-state index contributed by atoms with van der Waals surface area (Å²) in [5, 5.41) is 0. The Balaban J connectivity index is 0.00000156. The first-order chi connectivity index (χ1) is 10.7. The first-order valence-corrected chi connectivity index (χ1v) is 6.82. The van der Waals surface area contributed by atoms with Crippen LogP contribution in [-0.2, 0) is 0 Å². The van der Waals surface area contributed by atoms with Crippen molar-refractivity contribution in [2.24, 2.45) is 0 Å². The van der Waals surface area contributed by atoms with E-state index in [4.69, 9.17) is 4.74 Å². The van der Waals surface area contributed by atoms with Crippen LogP contribution in [0.5, 0.6) is 5.75 Å². The second-order valence-corrected chi connectivity index (χ2v) is 4.98. The number of fused-ring (bicyclic) bond motifs is 3. The third-order valence-corrected chi connectivity index (χ3v) is 3.67. The average Bonchev–Trinajstić information content (AvgIpc) is 2.92. The van der Waals surface area contributed by atoms with Gasteiger partial charge in [-0.05, 0) is 42.0 Å². The molecule has 0 aliphatic rings. The van der Waals surface area contributed by atoms with Crippen molar-refractivity contribution in [2.45, 2.75) is 7.43 Å². The molecule has 0 unspecified atom stereocenters. The Hall–Kier alpha value is -2.95. The summed E-state index contributed by atoms with van der Waals surface area (Å²) in [7, 11) is 1.64. The second kappa shape index (κ2) is 5.68. The van der Waals surface area contributed by atoms with E-state index in [1.807, 2.05) is 40.9 Å². The predicted molar refractivity (Wildman–Crippen MR) is 89.2 cm³/mol. The van der Waals surface area contributed by atoms with Gasteiger partial charge in [-0.3, -0.25) is 4.40 Å². The van der Waals surface area contributed by atoms with Crippen LogP contribution in [0.4, 0.5) is 4.39 Å². The largest absolute Gasteiger partial charge is 0.497 e. The van der Waals surface area contributed by atoms with Crippen molar-refractivity contribution in [2.75, 3.05) is 7.11 Å². The second-order valence-electron chi connectivity index (χ2n) is 4.98. The first-order valence-electron chi connectivity index (χ1n) is 6.82. The summed E-state index contributed by atoms with van der Waals surface area (Å²) in [5.41, 5.74) is 4.51. The molecular formula is C18H16FN3O. The summed E-state index contributed by atoms with van der Waals surface area (Å²) in [6.45, 7) is 0. The van der Waals surface area contributed by atoms with Gasteiger partial charge in [-0.15, -0.1) is 0 Å². The van der Waals surface area contributed by atoms with Crippen molar-refractivity contribution in [3.05, 3.63) is 60.8 Å². The molecule has 0 amide bonds. The van der Waals surface area contributed by atoms with E-state index in [9.17, 15) is 4.39 Å². The summed E-state index contributed by atoms with van der Waals surface area (Å²) < 4.78 is 20.2. The zero-order valence-electron chi connectivity index (χ0n) is 11.8. The van der Waals surface area contributed by atoms with Crippen LogP contribution in [0.1, 0.15) is 7.43 Å². The van der Waals surface area contributed by atoms with Crippen molar-refractivity contribution in [3.8, 4) is 16.9 Å². The minimum Gasteiger partial charge on any atom is -0.497 e. The summed E-state index contributed by atoms with van der Waals surface area (Å²) in [6.07, 6.45) is 3.47. The summed E-state index contributed by atoms with van der Waals surface area (Å²) in [4.78, 5) is 8.30. The van der Waals surface area contributed by atoms with Crippen LogP contribution < -0.4 is 4.74 Å². The number of pyridine rings is 2. The zero-order chi connectivity index (χ0) is 15.1. The van der Waals surface area contributed by atoms with Gasteiger partial charge in [0.2, 0.25) is 5.95 Å². The Morgan fingerprint density at radius 3 is 2.65 bits per heavy atom. The van der Waals surface area contributed by atoms with Crippen molar-refractivity contribution in [1.82, 2.24) is 14.4 Å². The number of halogens is 1. The van der Waals surface area contributed by atoms with Gasteiger partial charge in [-0.1, -0.05) is 7.43 Å². The first kappa shape index (κ1) is 15.0. The molecule has 4 nitrogen and oxygen atoms in total. The van der Waals surface area contributed by atoms with E-state index in [2.05, 4.69) is 9.97 Å². The Labute approximate surface area is 133 Å². The van der Waals surface area contributed by atoms with Gasteiger partial charge >= 0.3 is 0 Å². The molecular weight excluding hydrogens is 293 g/mol. The molecule has 0 N–H and O–H groups in total. The standard InChI is InChI=1S/C17H12FN3O.CH4/c1-22-13-3-4-14-15(9-13)21-7-6-11(8-17(21)20-14)12-2-5-16(18)19-10-12;/h2-10H,1H3;1H4. The number of imidazole rings is 1. The molecule has 4 rings (SSSR count). The molecule has 0 radical (unpaired) electrons. The lowest BCUT2D eigenvalue weighted by atomic mass is 10.1. The van der Waals surface area contributed by atoms with E-state index in [1.165, 1.54) is 12.3 Å². The predicted octanol–water partition coefficient (Wildman–Crippen LogP) is 4.33. The van der Waals surface area contributed by atoms with Crippen LogP contribution in [0.3, 0.4) is 0 Å². The molecule has 3 aromatic heterocycles. The third-order valence-electron chi connectivity index (χ3n) is 3.67. The van der Waals surface area contributed by atoms with Crippen LogP contribution in [0.25, 0.3) is 27.8 Å². The van der Waals surface area contributed by atoms with E-state index in [1.54, 1.807) is 13.2 Å². The lowest BCUT2D eigenvalue weighted by molar-refractivity contribution is 0.415. The van der Waals surface area contributed by atoms with Gasteiger partial charge in [0.05, 0.1) is 18.1 Å². The Morgan fingerprint density at radius 2 is 1.91 bits per heavy atom. The highest BCUT2D eigenvalue weighted by Gasteiger charge is 2.07. The molecule has 0 fully saturated rings. The molecule has 23 heavy (non-hydrogen) atoms. The van der Waals surface area contributed by atoms with Gasteiger partial charge in [-0.25, -0.2) is 9.97 Å². The number of hydrogen-bond donors (Lipinski definition) is 0. The van der Waals surface area contributed by atoms with Gasteiger partial charge in [-0.2, -0.15) is 4.39 Å². The molecule has 0 spiro atoms. The third kappa shape index (κ3) is 2.50. The number of nitrogens with zero attached hydrogens (tertiary/aromatic N) is 3. The monoisotopic (exact) mass is 309 g/mol. The van der Waals surface area contributed by atoms with E-state index in [0.717, 1.165) is 33.6 Å². The smallest absolute Gasteiger partial charge is 0.212 e. The molecule has 0 aliphatic heterocycles. The van der Waals surface area contributed by atoms with E-state index < -0.39 is 5.95 Å². The molecule has 0 bridgehead atoms. The van der Waals surface area contributed by atoms with Crippen molar-refractivity contribution >= 4 is 16.7 Å². The molecule has 0 atom stereocenters. The van der Waals surface area contributed by atoms with Crippen LogP contribution in [0.15, 0.2) is 54.9 Å². The number of benzene rings is 1. The number of rotatable bonds is 2. The summed E-state index contributed by atoms with van der Waals surface area (Å²) >= 11 is 0. The molecule has 0 aliphatic carbocycles. The van der Waals surface area contributed by atoms with Gasteiger partial charge in [0, 0.05) is 24.0 Å². The highest BCUT2D eigenvalue weighted by molar-refractivity contribution is 5.83. The molecule has 4 aromatic rings. The van der Waals surface area contributed by atoms with Gasteiger partial charge in [0.1, 0.15) is 11.4 Å². The molecule has 0 saturated heterocycles. The van der Waals surface area contributed by atoms with Crippen molar-refractivity contribution < 1.29 is 9.13 Å². The molecule has 3 heterocycles. The maximum atomic E-state index is 12.9. The number of aromatic nitrogens is 3. The van der Waals surface area contributed by atoms with Crippen LogP contribution in [0, 0.1) is 5.95 Å². The van der Waals surface area contributed by atoms with Gasteiger partial charge in [0.25, 0.3) is 0 Å². The highest BCUT2D eigenvalue weighted by Crippen LogP contribution is 2.25. The van der Waals surface area contributed by atoms with E-state index in [-0.39, 0.29) is 7.43 Å². The lowest BCUT2D eigenvalue weighted by Gasteiger charge is -2.03. The Kier molecular flexibility index (Phi) is 3.70. The van der Waals surface area contributed by atoms with E-state index in [0.29, 0.717) is 0 Å². The summed E-state index contributed by atoms with van der Waals surface area (Å²) in [6, 6.07) is 12.8. The van der Waals surface area contributed by atoms with Crippen LogP contribution in [0.2, 0.25) is 0 Å². The minimum atomic E-state index is -0.483. The highest BCUT2D eigenvalue weighted by atomic mass is 19.1. The SMILES string of the molecule is C.COc1ccc2nc3cc(-c4ccc(F)nc4)ccn3c2c1. The fourth-order valence-electron chi connectivity index (χ4n) is 2.55. The molecule has 1 aromatic carbocycles. The van der Waals surface area contributed by atoms with Crippen molar-refractivity contribution in [1.29, 1.82) is 0 Å². The van der Waals surface area contributed by atoms with Crippen molar-refractivity contribution in [3.63, 3.8) is 0 Å². The normalized spacial score (nSPS) is 10.7. The van der Waals surface area contributed by atoms with Crippen LogP contribution in [-0.4, -0.2) is 21.5 Å².